The van der Waals surface area contributed by atoms with Crippen LogP contribution in [0.3, 0.4) is 0 Å². The molecule has 0 amide bonds. The van der Waals surface area contributed by atoms with Gasteiger partial charge in [0.1, 0.15) is 5.82 Å². The van der Waals surface area contributed by atoms with Gasteiger partial charge in [0.05, 0.1) is 13.1 Å². The Balaban J connectivity index is 1.86. The molecule has 8 heteroatoms. The number of nitrogens with zero attached hydrogens (tertiary/aromatic N) is 3. The van der Waals surface area contributed by atoms with Crippen molar-refractivity contribution in [3.05, 3.63) is 40.1 Å². The van der Waals surface area contributed by atoms with E-state index in [0.29, 0.717) is 12.5 Å². The maximum atomic E-state index is 12.7. The first kappa shape index (κ1) is 15.4. The highest BCUT2D eigenvalue weighted by Crippen LogP contribution is 2.14. The van der Waals surface area contributed by atoms with Gasteiger partial charge in [-0.05, 0) is 19.1 Å². The van der Waals surface area contributed by atoms with Crippen molar-refractivity contribution in [2.45, 2.75) is 26.6 Å². The average Bonchev–Trinajstić information content (AvgIpc) is 3.08. The first-order valence-corrected chi connectivity index (χ1v) is 7.21. The summed E-state index contributed by atoms with van der Waals surface area (Å²) in [4.78, 5) is 10.4. The molecule has 5 nitrogen and oxygen atoms in total. The van der Waals surface area contributed by atoms with Crippen LogP contribution in [0.25, 0.3) is 0 Å². The number of thiophene rings is 1. The molecule has 2 aromatic heterocycles. The molecule has 2 N–H and O–H groups in total. The summed E-state index contributed by atoms with van der Waals surface area (Å²) in [6.45, 7) is 0.279. The molecule has 0 aromatic carbocycles. The Morgan fingerprint density at radius 1 is 1.38 bits per heavy atom. The monoisotopic (exact) mass is 313 g/mol. The average molecular weight is 313 g/mol. The number of guanidine groups is 1. The van der Waals surface area contributed by atoms with Crippen molar-refractivity contribution in [3.8, 4) is 0 Å². The third-order valence-electron chi connectivity index (χ3n) is 2.82. The number of nitrogens with one attached hydrogen (secondary N) is 2. The van der Waals surface area contributed by atoms with Crippen LogP contribution in [-0.2, 0) is 13.1 Å². The summed E-state index contributed by atoms with van der Waals surface area (Å²) in [6.07, 6.45) is 2.61. The van der Waals surface area contributed by atoms with E-state index in [1.807, 2.05) is 13.0 Å². The van der Waals surface area contributed by atoms with E-state index in [1.165, 1.54) is 22.1 Å². The number of hydrogen-bond donors (Lipinski definition) is 2. The highest BCUT2D eigenvalue weighted by Gasteiger charge is 2.11. The Kier molecular flexibility index (Phi) is 5.26. The zero-order valence-electron chi connectivity index (χ0n) is 11.8. The van der Waals surface area contributed by atoms with Crippen molar-refractivity contribution >= 4 is 17.3 Å². The fraction of sp³-hybridized carbons (Fsp3) is 0.385. The number of halogens is 2. The van der Waals surface area contributed by atoms with Gasteiger partial charge in [-0.25, -0.2) is 4.98 Å². The third kappa shape index (κ3) is 4.25. The van der Waals surface area contributed by atoms with Crippen LogP contribution in [0.5, 0.6) is 0 Å². The van der Waals surface area contributed by atoms with Gasteiger partial charge in [-0.1, -0.05) is 0 Å². The van der Waals surface area contributed by atoms with Crippen LogP contribution in [0.2, 0.25) is 0 Å². The molecule has 0 aliphatic carbocycles. The molecule has 0 fully saturated rings. The van der Waals surface area contributed by atoms with Gasteiger partial charge in [-0.2, -0.15) is 8.78 Å². The summed E-state index contributed by atoms with van der Waals surface area (Å²) < 4.78 is 26.2. The zero-order chi connectivity index (χ0) is 15.2. The van der Waals surface area contributed by atoms with Gasteiger partial charge in [0.25, 0.3) is 0 Å². The summed E-state index contributed by atoms with van der Waals surface area (Å²) in [5.74, 6) is 0.810. The Bertz CT molecular complexity index is 605. The maximum absolute atomic E-state index is 12.7. The van der Waals surface area contributed by atoms with Crippen molar-refractivity contribution in [3.63, 3.8) is 0 Å². The summed E-state index contributed by atoms with van der Waals surface area (Å²) in [5, 5.41) is 6.11. The van der Waals surface area contributed by atoms with E-state index in [4.69, 9.17) is 0 Å². The van der Waals surface area contributed by atoms with Gasteiger partial charge >= 0.3 is 6.55 Å². The third-order valence-corrected chi connectivity index (χ3v) is 3.82. The number of rotatable bonds is 5. The molecule has 0 aliphatic heterocycles. The predicted octanol–water partition coefficient (Wildman–Crippen LogP) is 2.51. The molecule has 21 heavy (non-hydrogen) atoms. The Morgan fingerprint density at radius 2 is 2.14 bits per heavy atom. The second-order valence-electron chi connectivity index (χ2n) is 4.32. The molecule has 0 saturated carbocycles. The molecule has 0 spiro atoms. The first-order valence-electron chi connectivity index (χ1n) is 6.40. The zero-order valence-corrected chi connectivity index (χ0v) is 12.6. The summed E-state index contributed by atoms with van der Waals surface area (Å²) in [7, 11) is 1.63. The SMILES string of the molecule is CN=C(NCc1ccc(C)s1)NCc1nccn1C(F)F. The maximum Gasteiger partial charge on any atom is 0.319 e. The van der Waals surface area contributed by atoms with Gasteiger partial charge in [-0.3, -0.25) is 9.56 Å². The molecule has 0 radical (unpaired) electrons. The number of imidazole rings is 1. The van der Waals surface area contributed by atoms with E-state index < -0.39 is 6.55 Å². The lowest BCUT2D eigenvalue weighted by Gasteiger charge is -2.12. The topological polar surface area (TPSA) is 54.2 Å². The molecule has 0 atom stereocenters. The van der Waals surface area contributed by atoms with E-state index in [0.717, 1.165) is 4.57 Å². The largest absolute Gasteiger partial charge is 0.352 e. The van der Waals surface area contributed by atoms with Gasteiger partial charge in [0, 0.05) is 29.2 Å². The number of aromatic nitrogens is 2. The number of aryl methyl sites for hydroxylation is 1. The van der Waals surface area contributed by atoms with Crippen molar-refractivity contribution in [2.75, 3.05) is 7.05 Å². The summed E-state index contributed by atoms with van der Waals surface area (Å²) >= 11 is 1.70. The van der Waals surface area contributed by atoms with Crippen LogP contribution >= 0.6 is 11.3 Å². The van der Waals surface area contributed by atoms with E-state index >= 15 is 0 Å². The fourth-order valence-electron chi connectivity index (χ4n) is 1.79. The second kappa shape index (κ2) is 7.16. The molecular formula is C13H17F2N5S. The molecule has 2 aromatic rings. The Morgan fingerprint density at radius 3 is 2.76 bits per heavy atom. The Labute approximate surface area is 125 Å². The minimum atomic E-state index is -2.59. The lowest BCUT2D eigenvalue weighted by molar-refractivity contribution is 0.0668. The van der Waals surface area contributed by atoms with Crippen LogP contribution in [0, 0.1) is 6.92 Å². The molecular weight excluding hydrogens is 296 g/mol. The van der Waals surface area contributed by atoms with Crippen LogP contribution in [0.4, 0.5) is 8.78 Å². The normalized spacial score (nSPS) is 12.0. The fourth-order valence-corrected chi connectivity index (χ4v) is 2.62. The van der Waals surface area contributed by atoms with Crippen LogP contribution < -0.4 is 10.6 Å². The van der Waals surface area contributed by atoms with E-state index in [-0.39, 0.29) is 12.4 Å². The lowest BCUT2D eigenvalue weighted by atomic mass is 10.4. The molecule has 0 bridgehead atoms. The highest BCUT2D eigenvalue weighted by atomic mass is 32.1. The van der Waals surface area contributed by atoms with Crippen LogP contribution in [0.1, 0.15) is 22.1 Å². The summed E-state index contributed by atoms with van der Waals surface area (Å²) in [6, 6.07) is 4.10. The number of alkyl halides is 2. The van der Waals surface area contributed by atoms with E-state index in [2.05, 4.69) is 26.7 Å². The molecule has 0 unspecified atom stereocenters. The Hall–Kier alpha value is -1.96. The minimum Gasteiger partial charge on any atom is -0.352 e. The number of hydrogen-bond acceptors (Lipinski definition) is 3. The van der Waals surface area contributed by atoms with E-state index in [1.54, 1.807) is 18.4 Å². The molecule has 0 aliphatic rings. The standard InChI is InChI=1S/C13H17F2N5S/c1-9-3-4-10(21-9)7-18-13(16-2)19-8-11-17-5-6-20(11)12(14)15/h3-6,12H,7-8H2,1-2H3,(H2,16,18,19). The summed E-state index contributed by atoms with van der Waals surface area (Å²) in [5.41, 5.74) is 0. The van der Waals surface area contributed by atoms with E-state index in [9.17, 15) is 8.78 Å². The highest BCUT2D eigenvalue weighted by molar-refractivity contribution is 7.11. The predicted molar refractivity (Wildman–Crippen MR) is 79.6 cm³/mol. The molecule has 2 heterocycles. The number of aliphatic imine (C=N–C) groups is 1. The van der Waals surface area contributed by atoms with Gasteiger partial charge in [0.2, 0.25) is 0 Å². The van der Waals surface area contributed by atoms with Crippen LogP contribution in [-0.4, -0.2) is 22.6 Å². The minimum absolute atomic E-state index is 0.181. The molecule has 0 saturated heterocycles. The first-order chi connectivity index (χ1) is 10.1. The molecule has 2 rings (SSSR count). The quantitative estimate of drug-likeness (QED) is 0.659. The van der Waals surface area contributed by atoms with Crippen LogP contribution in [0.15, 0.2) is 29.5 Å². The van der Waals surface area contributed by atoms with Gasteiger partial charge < -0.3 is 10.6 Å². The smallest absolute Gasteiger partial charge is 0.319 e. The molecule has 114 valence electrons. The van der Waals surface area contributed by atoms with Crippen molar-refractivity contribution < 1.29 is 8.78 Å². The second-order valence-corrected chi connectivity index (χ2v) is 5.69. The van der Waals surface area contributed by atoms with Crippen molar-refractivity contribution in [1.29, 1.82) is 0 Å². The van der Waals surface area contributed by atoms with Gasteiger partial charge in [0.15, 0.2) is 5.96 Å². The van der Waals surface area contributed by atoms with Gasteiger partial charge in [-0.15, -0.1) is 11.3 Å². The van der Waals surface area contributed by atoms with Crippen molar-refractivity contribution in [2.24, 2.45) is 4.99 Å². The lowest BCUT2D eigenvalue weighted by Crippen LogP contribution is -2.36. The van der Waals surface area contributed by atoms with Crippen molar-refractivity contribution in [1.82, 2.24) is 20.2 Å².